The molecule has 1 spiro atoms. The third-order valence-electron chi connectivity index (χ3n) is 2.33. The fourth-order valence-corrected chi connectivity index (χ4v) is 1.64. The number of allylic oxidation sites excluding steroid dienone is 1. The molecule has 3 heteroatoms. The normalized spacial score (nSPS) is 33.5. The number of hydrogen-bond acceptors (Lipinski definition) is 3. The summed E-state index contributed by atoms with van der Waals surface area (Å²) in [4.78, 5) is 11.5. The topological polar surface area (TPSA) is 35.5 Å². The Morgan fingerprint density at radius 1 is 1.38 bits per heavy atom. The predicted molar refractivity (Wildman–Crippen MR) is 46.9 cm³/mol. The number of carbonyl (C=O) groups is 1. The molecule has 13 heavy (non-hydrogen) atoms. The van der Waals surface area contributed by atoms with Crippen molar-refractivity contribution in [2.75, 3.05) is 6.61 Å². The quantitative estimate of drug-likeness (QED) is 0.567. The van der Waals surface area contributed by atoms with Gasteiger partial charge in [-0.1, -0.05) is 6.58 Å². The van der Waals surface area contributed by atoms with E-state index >= 15 is 0 Å². The molecule has 1 unspecified atom stereocenters. The van der Waals surface area contributed by atoms with Gasteiger partial charge in [-0.3, -0.25) is 4.79 Å². The van der Waals surface area contributed by atoms with E-state index in [2.05, 4.69) is 6.58 Å². The van der Waals surface area contributed by atoms with Crippen molar-refractivity contribution in [2.45, 2.75) is 25.0 Å². The van der Waals surface area contributed by atoms with E-state index in [-0.39, 0.29) is 5.78 Å². The zero-order chi connectivity index (χ0) is 9.31. The Morgan fingerprint density at radius 2 is 2.23 bits per heavy atom. The van der Waals surface area contributed by atoms with Gasteiger partial charge in [-0.2, -0.15) is 0 Å². The molecule has 3 nitrogen and oxygen atoms in total. The molecule has 0 radical (unpaired) electrons. The van der Waals surface area contributed by atoms with Crippen LogP contribution in [0.15, 0.2) is 24.5 Å². The number of ketones is 1. The molecule has 0 aromatic heterocycles. The lowest BCUT2D eigenvalue weighted by Crippen LogP contribution is -2.47. The smallest absolute Gasteiger partial charge is 0.274 e. The maximum absolute atomic E-state index is 11.5. The van der Waals surface area contributed by atoms with Crippen molar-refractivity contribution < 1.29 is 14.3 Å². The molecule has 0 aliphatic carbocycles. The van der Waals surface area contributed by atoms with Gasteiger partial charge < -0.3 is 9.47 Å². The summed E-state index contributed by atoms with van der Waals surface area (Å²) in [5, 5.41) is 0. The summed E-state index contributed by atoms with van der Waals surface area (Å²) in [6.45, 7) is 4.25. The minimum atomic E-state index is -1.04. The maximum Gasteiger partial charge on any atom is 0.274 e. The molecular weight excluding hydrogens is 168 g/mol. The fourth-order valence-electron chi connectivity index (χ4n) is 1.64. The molecule has 2 aliphatic heterocycles. The van der Waals surface area contributed by atoms with Gasteiger partial charge in [0.2, 0.25) is 5.78 Å². The molecule has 1 saturated heterocycles. The largest absolute Gasteiger partial charge is 0.455 e. The van der Waals surface area contributed by atoms with Crippen LogP contribution in [0.25, 0.3) is 0 Å². The van der Waals surface area contributed by atoms with Gasteiger partial charge in [0.05, 0.1) is 6.61 Å². The standard InChI is InChI=1S/C10H12O3/c1-8-4-5-9(11)10(13-8)6-2-3-7-12-10/h4-5H,1-3,6-7H2. The Bertz CT molecular complexity index is 272. The lowest BCUT2D eigenvalue weighted by molar-refractivity contribution is -0.224. The van der Waals surface area contributed by atoms with Gasteiger partial charge in [0.1, 0.15) is 5.76 Å². The van der Waals surface area contributed by atoms with Gasteiger partial charge in [-0.15, -0.1) is 0 Å². The maximum atomic E-state index is 11.5. The highest BCUT2D eigenvalue weighted by molar-refractivity contribution is 5.97. The van der Waals surface area contributed by atoms with Gasteiger partial charge in [0.15, 0.2) is 0 Å². The van der Waals surface area contributed by atoms with Gasteiger partial charge >= 0.3 is 0 Å². The highest BCUT2D eigenvalue weighted by Gasteiger charge is 2.43. The highest BCUT2D eigenvalue weighted by Crippen LogP contribution is 2.32. The van der Waals surface area contributed by atoms with E-state index in [0.717, 1.165) is 12.8 Å². The van der Waals surface area contributed by atoms with Crippen LogP contribution in [0.2, 0.25) is 0 Å². The van der Waals surface area contributed by atoms with Crippen molar-refractivity contribution in [1.29, 1.82) is 0 Å². The second-order valence-electron chi connectivity index (χ2n) is 3.32. The minimum Gasteiger partial charge on any atom is -0.455 e. The van der Waals surface area contributed by atoms with E-state index in [4.69, 9.17) is 9.47 Å². The van der Waals surface area contributed by atoms with Crippen LogP contribution in [-0.4, -0.2) is 18.2 Å². The fraction of sp³-hybridized carbons (Fsp3) is 0.500. The predicted octanol–water partition coefficient (Wildman–Crippen LogP) is 1.55. The first kappa shape index (κ1) is 8.51. The van der Waals surface area contributed by atoms with Crippen molar-refractivity contribution in [3.8, 4) is 0 Å². The molecule has 2 heterocycles. The second-order valence-corrected chi connectivity index (χ2v) is 3.32. The van der Waals surface area contributed by atoms with Gasteiger partial charge in [0.25, 0.3) is 5.79 Å². The van der Waals surface area contributed by atoms with E-state index in [1.165, 1.54) is 6.08 Å². The first-order valence-corrected chi connectivity index (χ1v) is 4.47. The summed E-state index contributed by atoms with van der Waals surface area (Å²) in [6, 6.07) is 0. The number of carbonyl (C=O) groups excluding carboxylic acids is 1. The summed E-state index contributed by atoms with van der Waals surface area (Å²) in [7, 11) is 0. The molecular formula is C10H12O3. The first-order chi connectivity index (χ1) is 6.23. The monoisotopic (exact) mass is 180 g/mol. The van der Waals surface area contributed by atoms with E-state index in [0.29, 0.717) is 18.8 Å². The van der Waals surface area contributed by atoms with E-state index in [1.54, 1.807) is 6.08 Å². The zero-order valence-corrected chi connectivity index (χ0v) is 7.41. The Morgan fingerprint density at radius 3 is 2.92 bits per heavy atom. The Kier molecular flexibility index (Phi) is 1.96. The van der Waals surface area contributed by atoms with Crippen LogP contribution in [0.3, 0.4) is 0 Å². The number of rotatable bonds is 0. The molecule has 0 saturated carbocycles. The lowest BCUT2D eigenvalue weighted by Gasteiger charge is -2.36. The molecule has 0 N–H and O–H groups in total. The average Bonchev–Trinajstić information content (AvgIpc) is 2.14. The van der Waals surface area contributed by atoms with E-state index in [1.807, 2.05) is 0 Å². The van der Waals surface area contributed by atoms with Crippen LogP contribution < -0.4 is 0 Å². The van der Waals surface area contributed by atoms with Gasteiger partial charge in [0, 0.05) is 6.42 Å². The van der Waals surface area contributed by atoms with Crippen molar-refractivity contribution in [3.63, 3.8) is 0 Å². The summed E-state index contributed by atoms with van der Waals surface area (Å²) in [5.74, 6) is -0.634. The second kappa shape index (κ2) is 3.00. The Labute approximate surface area is 77.0 Å². The molecule has 2 rings (SSSR count). The molecule has 0 aromatic carbocycles. The summed E-state index contributed by atoms with van der Waals surface area (Å²) in [6.07, 6.45) is 5.65. The highest BCUT2D eigenvalue weighted by atomic mass is 16.7. The Hall–Kier alpha value is -1.09. The molecule has 1 atom stereocenters. The average molecular weight is 180 g/mol. The SMILES string of the molecule is C=C1C=CC(=O)C2(CCCCO2)O1. The molecule has 0 bridgehead atoms. The van der Waals surface area contributed by atoms with Crippen LogP contribution in [0.5, 0.6) is 0 Å². The van der Waals surface area contributed by atoms with Gasteiger partial charge in [-0.05, 0) is 25.0 Å². The van der Waals surface area contributed by atoms with E-state index in [9.17, 15) is 4.79 Å². The third kappa shape index (κ3) is 1.40. The molecule has 2 aliphatic rings. The minimum absolute atomic E-state index is 0.0976. The molecule has 70 valence electrons. The summed E-state index contributed by atoms with van der Waals surface area (Å²) in [5.41, 5.74) is 0. The first-order valence-electron chi connectivity index (χ1n) is 4.47. The van der Waals surface area contributed by atoms with Crippen LogP contribution >= 0.6 is 0 Å². The number of ether oxygens (including phenoxy) is 2. The van der Waals surface area contributed by atoms with Crippen LogP contribution in [-0.2, 0) is 14.3 Å². The van der Waals surface area contributed by atoms with Crippen molar-refractivity contribution >= 4 is 5.78 Å². The van der Waals surface area contributed by atoms with Crippen molar-refractivity contribution in [1.82, 2.24) is 0 Å². The third-order valence-corrected chi connectivity index (χ3v) is 2.33. The molecule has 0 amide bonds. The Balaban J connectivity index is 2.24. The number of hydrogen-bond donors (Lipinski definition) is 0. The van der Waals surface area contributed by atoms with Crippen LogP contribution in [0, 0.1) is 0 Å². The van der Waals surface area contributed by atoms with Crippen LogP contribution in [0.1, 0.15) is 19.3 Å². The van der Waals surface area contributed by atoms with Crippen molar-refractivity contribution in [2.24, 2.45) is 0 Å². The molecule has 1 fully saturated rings. The van der Waals surface area contributed by atoms with Crippen LogP contribution in [0.4, 0.5) is 0 Å². The van der Waals surface area contributed by atoms with Gasteiger partial charge in [-0.25, -0.2) is 0 Å². The zero-order valence-electron chi connectivity index (χ0n) is 7.41. The lowest BCUT2D eigenvalue weighted by atomic mass is 9.99. The summed E-state index contributed by atoms with van der Waals surface area (Å²) < 4.78 is 10.8. The van der Waals surface area contributed by atoms with Crippen molar-refractivity contribution in [3.05, 3.63) is 24.5 Å². The summed E-state index contributed by atoms with van der Waals surface area (Å²) >= 11 is 0. The van der Waals surface area contributed by atoms with E-state index < -0.39 is 5.79 Å². The molecule has 0 aromatic rings.